The number of benzene rings is 2. The number of pyridine rings is 1. The molecule has 34 heavy (non-hydrogen) atoms. The average Bonchev–Trinajstić information content (AvgIpc) is 3.43. The van der Waals surface area contributed by atoms with Gasteiger partial charge >= 0.3 is 12.1 Å². The molecule has 0 bridgehead atoms. The number of carbonyl (C=O) groups is 2. The van der Waals surface area contributed by atoms with Crippen LogP contribution in [-0.2, 0) is 11.2 Å². The second-order valence-corrected chi connectivity index (χ2v) is 8.11. The van der Waals surface area contributed by atoms with Gasteiger partial charge in [0.1, 0.15) is 5.65 Å². The van der Waals surface area contributed by atoms with Crippen molar-refractivity contribution in [3.8, 4) is 11.1 Å². The Morgan fingerprint density at radius 1 is 0.971 bits per heavy atom. The highest BCUT2D eigenvalue weighted by molar-refractivity contribution is 5.97. The van der Waals surface area contributed by atoms with Crippen molar-refractivity contribution >= 4 is 22.8 Å². The van der Waals surface area contributed by atoms with E-state index in [1.54, 1.807) is 48.8 Å². The predicted molar refractivity (Wildman–Crippen MR) is 120 cm³/mol. The van der Waals surface area contributed by atoms with Gasteiger partial charge in [0.05, 0.1) is 12.1 Å². The molecule has 0 aliphatic heterocycles. The Kier molecular flexibility index (Phi) is 5.31. The van der Waals surface area contributed by atoms with Gasteiger partial charge in [-0.05, 0) is 52.9 Å². The Hall–Kier alpha value is -4.14. The van der Waals surface area contributed by atoms with Crippen molar-refractivity contribution in [1.29, 1.82) is 0 Å². The number of fused-ring (bicyclic) bond motifs is 2. The van der Waals surface area contributed by atoms with Crippen molar-refractivity contribution in [2.75, 3.05) is 0 Å². The van der Waals surface area contributed by atoms with Gasteiger partial charge in [-0.3, -0.25) is 9.59 Å². The molecule has 2 amide bonds. The van der Waals surface area contributed by atoms with Crippen LogP contribution in [0.15, 0.2) is 73.1 Å². The van der Waals surface area contributed by atoms with Crippen molar-refractivity contribution in [3.05, 3.63) is 89.7 Å². The van der Waals surface area contributed by atoms with Crippen LogP contribution in [0.3, 0.4) is 0 Å². The zero-order valence-corrected chi connectivity index (χ0v) is 17.7. The van der Waals surface area contributed by atoms with Crippen molar-refractivity contribution in [2.45, 2.75) is 24.7 Å². The Morgan fingerprint density at radius 3 is 2.50 bits per heavy atom. The Bertz CT molecular complexity index is 1380. The highest BCUT2D eigenvalue weighted by Crippen LogP contribution is 2.33. The molecule has 6 nitrogen and oxygen atoms in total. The number of halogens is 3. The second-order valence-electron chi connectivity index (χ2n) is 8.11. The molecule has 2 aromatic carbocycles. The van der Waals surface area contributed by atoms with Crippen LogP contribution in [-0.4, -0.2) is 34.0 Å². The number of rotatable bonds is 4. The summed E-state index contributed by atoms with van der Waals surface area (Å²) in [7, 11) is 0. The van der Waals surface area contributed by atoms with E-state index in [0.29, 0.717) is 11.1 Å². The number of aromatic amines is 1. The van der Waals surface area contributed by atoms with Crippen molar-refractivity contribution < 1.29 is 22.8 Å². The summed E-state index contributed by atoms with van der Waals surface area (Å²) < 4.78 is 38.5. The number of hydrogen-bond acceptors (Lipinski definition) is 3. The van der Waals surface area contributed by atoms with Gasteiger partial charge in [0.25, 0.3) is 5.91 Å². The number of amides is 2. The van der Waals surface area contributed by atoms with Crippen LogP contribution in [0.5, 0.6) is 0 Å². The van der Waals surface area contributed by atoms with Crippen molar-refractivity contribution in [1.82, 2.24) is 20.6 Å². The fourth-order valence-electron chi connectivity index (χ4n) is 4.40. The first-order chi connectivity index (χ1) is 16.3. The number of alkyl halides is 3. The fraction of sp³-hybridized carbons (Fsp3) is 0.160. The minimum absolute atomic E-state index is 0.191. The lowest BCUT2D eigenvalue weighted by molar-refractivity contribution is -0.174. The summed E-state index contributed by atoms with van der Waals surface area (Å²) >= 11 is 0. The lowest BCUT2D eigenvalue weighted by Crippen LogP contribution is -2.48. The molecule has 2 heterocycles. The first kappa shape index (κ1) is 21.7. The molecule has 3 N–H and O–H groups in total. The number of H-pyrrole nitrogens is 1. The number of aromatic nitrogens is 2. The maximum Gasteiger partial charge on any atom is 0.471 e. The minimum Gasteiger partial charge on any atom is -0.346 e. The molecule has 0 fully saturated rings. The van der Waals surface area contributed by atoms with Gasteiger partial charge in [-0.1, -0.05) is 36.4 Å². The van der Waals surface area contributed by atoms with Gasteiger partial charge < -0.3 is 15.6 Å². The molecule has 0 saturated carbocycles. The van der Waals surface area contributed by atoms with Crippen molar-refractivity contribution in [2.24, 2.45) is 0 Å². The molecule has 1 aliphatic rings. The summed E-state index contributed by atoms with van der Waals surface area (Å²) in [6, 6.07) is 16.1. The monoisotopic (exact) mass is 464 g/mol. The molecule has 0 spiro atoms. The van der Waals surface area contributed by atoms with E-state index in [2.05, 4.69) is 15.3 Å². The molecule has 0 saturated heterocycles. The quantitative estimate of drug-likeness (QED) is 0.421. The predicted octanol–water partition coefficient (Wildman–Crippen LogP) is 4.30. The lowest BCUT2D eigenvalue weighted by Gasteiger charge is -2.23. The molecular weight excluding hydrogens is 445 g/mol. The summed E-state index contributed by atoms with van der Waals surface area (Å²) in [5, 5.41) is 5.79. The van der Waals surface area contributed by atoms with Crippen molar-refractivity contribution in [3.63, 3.8) is 0 Å². The largest absolute Gasteiger partial charge is 0.471 e. The third kappa shape index (κ3) is 4.00. The number of hydrogen-bond donors (Lipinski definition) is 3. The molecule has 5 rings (SSSR count). The van der Waals surface area contributed by atoms with Crippen LogP contribution >= 0.6 is 0 Å². The lowest BCUT2D eigenvalue weighted by atomic mass is 10.0. The summed E-state index contributed by atoms with van der Waals surface area (Å²) in [4.78, 5) is 31.9. The standard InChI is InChI=1S/C25H19F3N4O2/c26-25(27,28)24(34)31-20-13-16-3-1-2-4-18(16)21(20)32-23(33)15-7-5-14(6-8-15)17-9-11-29-22-19(17)10-12-30-22/h1-12,20-21H,13H2,(H,29,30)(H,31,34)(H,32,33)/t20-,21-/m1/s1. The fourth-order valence-corrected chi connectivity index (χ4v) is 4.40. The van der Waals surface area contributed by atoms with E-state index < -0.39 is 30.1 Å². The maximum absolute atomic E-state index is 13.0. The SMILES string of the molecule is O=C(N[C@@H]1c2ccccc2C[C@H]1NC(=O)C(F)(F)F)c1ccc(-c2ccnc3[nH]ccc23)cc1. The highest BCUT2D eigenvalue weighted by Gasteiger charge is 2.43. The highest BCUT2D eigenvalue weighted by atomic mass is 19.4. The summed E-state index contributed by atoms with van der Waals surface area (Å²) in [6.07, 6.45) is -1.31. The Labute approximate surface area is 192 Å². The normalized spacial score (nSPS) is 17.4. The minimum atomic E-state index is -5.00. The van der Waals surface area contributed by atoms with Gasteiger partial charge in [-0.15, -0.1) is 0 Å². The van der Waals surface area contributed by atoms with E-state index in [-0.39, 0.29) is 6.42 Å². The molecule has 4 aromatic rings. The first-order valence-electron chi connectivity index (χ1n) is 10.6. The zero-order valence-electron chi connectivity index (χ0n) is 17.7. The van der Waals surface area contributed by atoms with Crippen LogP contribution < -0.4 is 10.6 Å². The first-order valence-corrected chi connectivity index (χ1v) is 10.6. The molecule has 2 aromatic heterocycles. The molecule has 172 valence electrons. The molecular formula is C25H19F3N4O2. The van der Waals surface area contributed by atoms with Crippen LogP contribution in [0.4, 0.5) is 13.2 Å². The van der Waals surface area contributed by atoms with Gasteiger partial charge in [0.15, 0.2) is 0 Å². The topological polar surface area (TPSA) is 86.9 Å². The van der Waals surface area contributed by atoms with Crippen LogP contribution in [0.1, 0.15) is 27.5 Å². The van der Waals surface area contributed by atoms with Crippen LogP contribution in [0.2, 0.25) is 0 Å². The number of nitrogens with zero attached hydrogens (tertiary/aromatic N) is 1. The van der Waals surface area contributed by atoms with E-state index in [1.807, 2.05) is 29.6 Å². The number of carbonyl (C=O) groups excluding carboxylic acids is 2. The molecule has 0 radical (unpaired) electrons. The van der Waals surface area contributed by atoms with Gasteiger partial charge in [0.2, 0.25) is 0 Å². The maximum atomic E-state index is 13.0. The second kappa shape index (κ2) is 8.33. The zero-order chi connectivity index (χ0) is 23.9. The summed E-state index contributed by atoms with van der Waals surface area (Å²) in [5.74, 6) is -2.47. The van der Waals surface area contributed by atoms with E-state index in [4.69, 9.17) is 0 Å². The number of nitrogens with one attached hydrogen (secondary N) is 3. The molecule has 9 heteroatoms. The molecule has 1 aliphatic carbocycles. The van der Waals surface area contributed by atoms with Gasteiger partial charge in [0, 0.05) is 23.3 Å². The third-order valence-electron chi connectivity index (χ3n) is 6.01. The summed E-state index contributed by atoms with van der Waals surface area (Å²) in [6.45, 7) is 0. The Morgan fingerprint density at radius 2 is 1.74 bits per heavy atom. The van der Waals surface area contributed by atoms with Gasteiger partial charge in [-0.25, -0.2) is 4.98 Å². The van der Waals surface area contributed by atoms with E-state index >= 15 is 0 Å². The van der Waals surface area contributed by atoms with E-state index in [9.17, 15) is 22.8 Å². The Balaban J connectivity index is 1.37. The van der Waals surface area contributed by atoms with E-state index in [0.717, 1.165) is 27.7 Å². The molecule has 2 atom stereocenters. The third-order valence-corrected chi connectivity index (χ3v) is 6.01. The smallest absolute Gasteiger partial charge is 0.346 e. The van der Waals surface area contributed by atoms with Crippen LogP contribution in [0, 0.1) is 0 Å². The van der Waals surface area contributed by atoms with E-state index in [1.165, 1.54) is 0 Å². The van der Waals surface area contributed by atoms with Gasteiger partial charge in [-0.2, -0.15) is 13.2 Å². The summed E-state index contributed by atoms with van der Waals surface area (Å²) in [5.41, 5.74) is 4.43. The average molecular weight is 464 g/mol. The molecule has 0 unspecified atom stereocenters. The van der Waals surface area contributed by atoms with Crippen LogP contribution in [0.25, 0.3) is 22.2 Å².